The van der Waals surface area contributed by atoms with Crippen LogP contribution in [0.3, 0.4) is 0 Å². The zero-order chi connectivity index (χ0) is 14.8. The van der Waals surface area contributed by atoms with Gasteiger partial charge in [0.05, 0.1) is 19.0 Å². The summed E-state index contributed by atoms with van der Waals surface area (Å²) in [5.74, 6) is 0.245. The molecule has 0 spiro atoms. The van der Waals surface area contributed by atoms with Crippen molar-refractivity contribution >= 4 is 21.4 Å². The minimum absolute atomic E-state index is 0.0198. The van der Waals surface area contributed by atoms with Gasteiger partial charge in [-0.25, -0.2) is 8.42 Å². The average molecular weight is 293 g/mol. The third-order valence-corrected chi connectivity index (χ3v) is 4.64. The van der Waals surface area contributed by atoms with E-state index in [-0.39, 0.29) is 10.6 Å². The standard InChI is InChI=1S/C13H15N3O3S/c1-16(11-4-3-7-15-9-11)20(17,18)13-8-10(14)5-6-12(13)19-2/h3-9H,14H2,1-2H3. The van der Waals surface area contributed by atoms with Gasteiger partial charge in [-0.2, -0.15) is 0 Å². The fourth-order valence-corrected chi connectivity index (χ4v) is 3.09. The van der Waals surface area contributed by atoms with Gasteiger partial charge in [-0.05, 0) is 30.3 Å². The molecule has 0 aliphatic rings. The van der Waals surface area contributed by atoms with Gasteiger partial charge in [0.25, 0.3) is 10.0 Å². The lowest BCUT2D eigenvalue weighted by molar-refractivity contribution is 0.403. The van der Waals surface area contributed by atoms with E-state index in [4.69, 9.17) is 10.5 Å². The maximum atomic E-state index is 12.6. The smallest absolute Gasteiger partial charge is 0.267 e. The van der Waals surface area contributed by atoms with E-state index in [2.05, 4.69) is 4.98 Å². The van der Waals surface area contributed by atoms with Crippen molar-refractivity contribution < 1.29 is 13.2 Å². The Bertz CT molecular complexity index is 702. The summed E-state index contributed by atoms with van der Waals surface area (Å²) in [7, 11) is -0.904. The highest BCUT2D eigenvalue weighted by atomic mass is 32.2. The van der Waals surface area contributed by atoms with Gasteiger partial charge in [0.15, 0.2) is 0 Å². The van der Waals surface area contributed by atoms with Crippen molar-refractivity contribution in [1.29, 1.82) is 0 Å². The maximum absolute atomic E-state index is 12.6. The molecule has 2 N–H and O–H groups in total. The Balaban J connectivity index is 2.53. The molecule has 0 saturated heterocycles. The first kappa shape index (κ1) is 14.1. The molecule has 0 aliphatic carbocycles. The molecule has 0 bridgehead atoms. The topological polar surface area (TPSA) is 85.5 Å². The van der Waals surface area contributed by atoms with Crippen LogP contribution in [-0.4, -0.2) is 27.6 Å². The van der Waals surface area contributed by atoms with Gasteiger partial charge in [-0.3, -0.25) is 9.29 Å². The van der Waals surface area contributed by atoms with Gasteiger partial charge in [0.1, 0.15) is 10.6 Å². The van der Waals surface area contributed by atoms with Crippen LogP contribution < -0.4 is 14.8 Å². The molecule has 106 valence electrons. The van der Waals surface area contributed by atoms with Crippen LogP contribution in [0.5, 0.6) is 5.75 Å². The fourth-order valence-electron chi connectivity index (χ4n) is 1.72. The van der Waals surface area contributed by atoms with Crippen molar-refractivity contribution in [2.75, 3.05) is 24.2 Å². The monoisotopic (exact) mass is 293 g/mol. The summed E-state index contributed by atoms with van der Waals surface area (Å²) in [6, 6.07) is 7.81. The third-order valence-electron chi connectivity index (χ3n) is 2.84. The van der Waals surface area contributed by atoms with Gasteiger partial charge in [0, 0.05) is 18.9 Å². The number of hydrogen-bond donors (Lipinski definition) is 1. The molecule has 2 rings (SSSR count). The van der Waals surface area contributed by atoms with Gasteiger partial charge in [0.2, 0.25) is 0 Å². The second-order valence-corrected chi connectivity index (χ2v) is 6.03. The number of ether oxygens (including phenoxy) is 1. The van der Waals surface area contributed by atoms with Crippen molar-refractivity contribution in [1.82, 2.24) is 4.98 Å². The molecule has 0 radical (unpaired) electrons. The Morgan fingerprint density at radius 1 is 1.30 bits per heavy atom. The number of methoxy groups -OCH3 is 1. The lowest BCUT2D eigenvalue weighted by atomic mass is 10.3. The van der Waals surface area contributed by atoms with Gasteiger partial charge >= 0.3 is 0 Å². The molecule has 0 aliphatic heterocycles. The predicted molar refractivity (Wildman–Crippen MR) is 77.2 cm³/mol. The van der Waals surface area contributed by atoms with Gasteiger partial charge in [-0.15, -0.1) is 0 Å². The number of aromatic nitrogens is 1. The van der Waals surface area contributed by atoms with Crippen molar-refractivity contribution in [2.24, 2.45) is 0 Å². The van der Waals surface area contributed by atoms with E-state index in [0.717, 1.165) is 4.31 Å². The zero-order valence-corrected chi connectivity index (χ0v) is 12.0. The van der Waals surface area contributed by atoms with E-state index >= 15 is 0 Å². The summed E-state index contributed by atoms with van der Waals surface area (Å²) in [5.41, 5.74) is 6.47. The second-order valence-electron chi connectivity index (χ2n) is 4.09. The van der Waals surface area contributed by atoms with E-state index in [9.17, 15) is 8.42 Å². The van der Waals surface area contributed by atoms with Crippen molar-refractivity contribution in [2.45, 2.75) is 4.90 Å². The first-order valence-electron chi connectivity index (χ1n) is 5.79. The number of rotatable bonds is 4. The highest BCUT2D eigenvalue weighted by Crippen LogP contribution is 2.30. The Morgan fingerprint density at radius 2 is 2.05 bits per heavy atom. The van der Waals surface area contributed by atoms with E-state index in [1.807, 2.05) is 0 Å². The highest BCUT2D eigenvalue weighted by Gasteiger charge is 2.25. The minimum atomic E-state index is -3.77. The number of benzene rings is 1. The van der Waals surface area contributed by atoms with Crippen molar-refractivity contribution in [3.8, 4) is 5.75 Å². The minimum Gasteiger partial charge on any atom is -0.495 e. The van der Waals surface area contributed by atoms with Crippen LogP contribution in [0.25, 0.3) is 0 Å². The first-order chi connectivity index (χ1) is 9.46. The molecule has 1 heterocycles. The summed E-state index contributed by atoms with van der Waals surface area (Å²) in [5, 5.41) is 0. The predicted octanol–water partition coefficient (Wildman–Crippen LogP) is 1.50. The van der Waals surface area contributed by atoms with Crippen LogP contribution in [0.4, 0.5) is 11.4 Å². The van der Waals surface area contributed by atoms with Crippen LogP contribution in [0.15, 0.2) is 47.6 Å². The van der Waals surface area contributed by atoms with Crippen LogP contribution in [0.2, 0.25) is 0 Å². The first-order valence-corrected chi connectivity index (χ1v) is 7.23. The number of nitrogens with two attached hydrogens (primary N) is 1. The van der Waals surface area contributed by atoms with Crippen LogP contribution >= 0.6 is 0 Å². The Kier molecular flexibility index (Phi) is 3.80. The number of hydrogen-bond acceptors (Lipinski definition) is 5. The molecule has 7 heteroatoms. The van der Waals surface area contributed by atoms with Crippen LogP contribution in [-0.2, 0) is 10.0 Å². The normalized spacial score (nSPS) is 11.1. The van der Waals surface area contributed by atoms with Gasteiger partial charge in [-0.1, -0.05) is 0 Å². The Morgan fingerprint density at radius 3 is 2.65 bits per heavy atom. The number of anilines is 2. The molecule has 2 aromatic rings. The zero-order valence-electron chi connectivity index (χ0n) is 11.1. The maximum Gasteiger partial charge on any atom is 0.267 e. The molecule has 1 aromatic heterocycles. The highest BCUT2D eigenvalue weighted by molar-refractivity contribution is 7.93. The molecule has 0 fully saturated rings. The summed E-state index contributed by atoms with van der Waals surface area (Å²) in [6.45, 7) is 0. The fraction of sp³-hybridized carbons (Fsp3) is 0.154. The molecule has 6 nitrogen and oxygen atoms in total. The second kappa shape index (κ2) is 5.38. The largest absolute Gasteiger partial charge is 0.495 e. The molecule has 1 aromatic carbocycles. The lowest BCUT2D eigenvalue weighted by Crippen LogP contribution is -2.27. The Hall–Kier alpha value is -2.28. The summed E-state index contributed by atoms with van der Waals surface area (Å²) < 4.78 is 31.5. The molecule has 0 atom stereocenters. The van der Waals surface area contributed by atoms with Crippen LogP contribution in [0.1, 0.15) is 0 Å². The van der Waals surface area contributed by atoms with E-state index in [1.54, 1.807) is 24.4 Å². The molecular formula is C13H15N3O3S. The van der Waals surface area contributed by atoms with E-state index in [0.29, 0.717) is 11.4 Å². The molecule has 20 heavy (non-hydrogen) atoms. The third kappa shape index (κ3) is 2.53. The van der Waals surface area contributed by atoms with E-state index < -0.39 is 10.0 Å². The quantitative estimate of drug-likeness (QED) is 0.863. The average Bonchev–Trinajstić information content (AvgIpc) is 2.47. The summed E-state index contributed by atoms with van der Waals surface area (Å²) in [6.07, 6.45) is 3.04. The Labute approximate surface area is 117 Å². The molecular weight excluding hydrogens is 278 g/mol. The molecule has 0 saturated carbocycles. The summed E-state index contributed by atoms with van der Waals surface area (Å²) >= 11 is 0. The van der Waals surface area contributed by atoms with Crippen molar-refractivity contribution in [3.05, 3.63) is 42.7 Å². The molecule has 0 unspecified atom stereocenters. The van der Waals surface area contributed by atoms with Gasteiger partial charge < -0.3 is 10.5 Å². The SMILES string of the molecule is COc1ccc(N)cc1S(=O)(=O)N(C)c1cccnc1. The van der Waals surface area contributed by atoms with Crippen LogP contribution in [0, 0.1) is 0 Å². The lowest BCUT2D eigenvalue weighted by Gasteiger charge is -2.20. The number of nitrogen functional groups attached to an aromatic ring is 1. The molecule has 0 amide bonds. The van der Waals surface area contributed by atoms with Crippen molar-refractivity contribution in [3.63, 3.8) is 0 Å². The van der Waals surface area contributed by atoms with E-state index in [1.165, 1.54) is 32.5 Å². The number of pyridine rings is 1. The summed E-state index contributed by atoms with van der Waals surface area (Å²) in [4.78, 5) is 3.93. The number of nitrogens with zero attached hydrogens (tertiary/aromatic N) is 2. The number of sulfonamides is 1.